The number of nitrogens with one attached hydrogen (secondary N) is 1. The maximum absolute atomic E-state index is 11.7. The normalized spacial score (nSPS) is 12.0. The van der Waals surface area contributed by atoms with Crippen molar-refractivity contribution in [1.82, 2.24) is 0 Å². The zero-order valence-electron chi connectivity index (χ0n) is 12.2. The highest BCUT2D eigenvalue weighted by molar-refractivity contribution is 5.97. The second-order valence-electron chi connectivity index (χ2n) is 4.93. The van der Waals surface area contributed by atoms with Crippen LogP contribution >= 0.6 is 0 Å². The number of carbonyl (C=O) groups is 1. The van der Waals surface area contributed by atoms with E-state index in [1.54, 1.807) is 6.07 Å². The zero-order valence-corrected chi connectivity index (χ0v) is 12.2. The number of nitrogens with two attached hydrogens (primary N) is 1. The lowest BCUT2D eigenvalue weighted by atomic mass is 10.1. The van der Waals surface area contributed by atoms with Crippen LogP contribution in [0, 0.1) is 6.92 Å². The van der Waals surface area contributed by atoms with Gasteiger partial charge in [-0.3, -0.25) is 0 Å². The van der Waals surface area contributed by atoms with Crippen LogP contribution in [0.15, 0.2) is 12.1 Å². The highest BCUT2D eigenvalue weighted by atomic mass is 16.5. The Morgan fingerprint density at radius 1 is 1.47 bits per heavy atom. The van der Waals surface area contributed by atoms with E-state index in [0.717, 1.165) is 17.7 Å². The zero-order chi connectivity index (χ0) is 14.4. The Morgan fingerprint density at radius 3 is 2.74 bits per heavy atom. The van der Waals surface area contributed by atoms with E-state index in [0.29, 0.717) is 17.3 Å². The fraction of sp³-hybridized carbons (Fsp3) is 0.533. The molecule has 0 saturated heterocycles. The van der Waals surface area contributed by atoms with Gasteiger partial charge < -0.3 is 15.8 Å². The molecule has 0 spiro atoms. The molecular formula is C15H24N2O2. The molecule has 0 radical (unpaired) electrons. The van der Waals surface area contributed by atoms with E-state index in [1.807, 2.05) is 13.0 Å². The SMILES string of the molecule is CCCCC(C)Nc1cc(C)c(N)c(C(=O)OC)c1. The highest BCUT2D eigenvalue weighted by Gasteiger charge is 2.14. The first-order valence-corrected chi connectivity index (χ1v) is 6.74. The fourth-order valence-corrected chi connectivity index (χ4v) is 2.03. The summed E-state index contributed by atoms with van der Waals surface area (Å²) in [5, 5.41) is 3.40. The molecule has 4 nitrogen and oxygen atoms in total. The van der Waals surface area contributed by atoms with Crippen LogP contribution < -0.4 is 11.1 Å². The number of benzene rings is 1. The molecule has 0 aliphatic carbocycles. The van der Waals surface area contributed by atoms with Gasteiger partial charge in [-0.2, -0.15) is 0 Å². The van der Waals surface area contributed by atoms with Crippen molar-refractivity contribution in [2.75, 3.05) is 18.2 Å². The highest BCUT2D eigenvalue weighted by Crippen LogP contribution is 2.24. The van der Waals surface area contributed by atoms with E-state index in [2.05, 4.69) is 19.2 Å². The Balaban J connectivity index is 2.91. The number of carbonyl (C=O) groups excluding carboxylic acids is 1. The number of aryl methyl sites for hydroxylation is 1. The van der Waals surface area contributed by atoms with E-state index < -0.39 is 5.97 Å². The Bertz CT molecular complexity index is 444. The van der Waals surface area contributed by atoms with Gasteiger partial charge in [-0.15, -0.1) is 0 Å². The number of hydrogen-bond donors (Lipinski definition) is 2. The average Bonchev–Trinajstić information content (AvgIpc) is 2.39. The van der Waals surface area contributed by atoms with Gasteiger partial charge in [-0.05, 0) is 38.0 Å². The first-order chi connectivity index (χ1) is 8.99. The number of ether oxygens (including phenoxy) is 1. The van der Waals surface area contributed by atoms with Crippen molar-refractivity contribution in [3.8, 4) is 0 Å². The Hall–Kier alpha value is -1.71. The van der Waals surface area contributed by atoms with Gasteiger partial charge in [0.05, 0.1) is 12.7 Å². The Labute approximate surface area is 115 Å². The molecule has 0 saturated carbocycles. The van der Waals surface area contributed by atoms with Crippen LogP contribution in [0.4, 0.5) is 11.4 Å². The molecule has 1 rings (SSSR count). The summed E-state index contributed by atoms with van der Waals surface area (Å²) in [6.45, 7) is 6.21. The molecule has 0 bridgehead atoms. The topological polar surface area (TPSA) is 64.3 Å². The van der Waals surface area contributed by atoms with Crippen molar-refractivity contribution in [2.24, 2.45) is 0 Å². The van der Waals surface area contributed by atoms with Crippen molar-refractivity contribution in [3.05, 3.63) is 23.3 Å². The first-order valence-electron chi connectivity index (χ1n) is 6.74. The smallest absolute Gasteiger partial charge is 0.340 e. The van der Waals surface area contributed by atoms with E-state index >= 15 is 0 Å². The van der Waals surface area contributed by atoms with Crippen molar-refractivity contribution < 1.29 is 9.53 Å². The summed E-state index contributed by atoms with van der Waals surface area (Å²) < 4.78 is 4.75. The fourth-order valence-electron chi connectivity index (χ4n) is 2.03. The maximum Gasteiger partial charge on any atom is 0.340 e. The molecule has 0 aliphatic rings. The Kier molecular flexibility index (Phi) is 5.67. The van der Waals surface area contributed by atoms with Gasteiger partial charge in [-0.25, -0.2) is 4.79 Å². The van der Waals surface area contributed by atoms with Crippen LogP contribution in [0.5, 0.6) is 0 Å². The molecule has 1 aromatic rings. The third-order valence-corrected chi connectivity index (χ3v) is 3.20. The maximum atomic E-state index is 11.7. The standard InChI is InChI=1S/C15H24N2O2/c1-5-6-7-11(3)17-12-8-10(2)14(16)13(9-12)15(18)19-4/h8-9,11,17H,5-7,16H2,1-4H3. The van der Waals surface area contributed by atoms with Crippen LogP contribution in [-0.4, -0.2) is 19.1 Å². The van der Waals surface area contributed by atoms with Crippen LogP contribution in [0.3, 0.4) is 0 Å². The number of unbranched alkanes of at least 4 members (excludes halogenated alkanes) is 1. The molecule has 4 heteroatoms. The second-order valence-corrected chi connectivity index (χ2v) is 4.93. The van der Waals surface area contributed by atoms with Crippen LogP contribution in [0.25, 0.3) is 0 Å². The molecule has 19 heavy (non-hydrogen) atoms. The van der Waals surface area contributed by atoms with Crippen molar-refractivity contribution in [1.29, 1.82) is 0 Å². The van der Waals surface area contributed by atoms with Crippen molar-refractivity contribution >= 4 is 17.3 Å². The molecular weight excluding hydrogens is 240 g/mol. The monoisotopic (exact) mass is 264 g/mol. The molecule has 0 fully saturated rings. The lowest BCUT2D eigenvalue weighted by molar-refractivity contribution is 0.0602. The number of nitrogen functional groups attached to an aromatic ring is 1. The molecule has 1 unspecified atom stereocenters. The third kappa shape index (κ3) is 4.16. The predicted molar refractivity (Wildman–Crippen MR) is 79.5 cm³/mol. The molecule has 0 aliphatic heterocycles. The first kappa shape index (κ1) is 15.3. The number of rotatable bonds is 6. The number of esters is 1. The van der Waals surface area contributed by atoms with Gasteiger partial charge in [0.15, 0.2) is 0 Å². The molecule has 0 amide bonds. The van der Waals surface area contributed by atoms with E-state index in [-0.39, 0.29) is 0 Å². The summed E-state index contributed by atoms with van der Waals surface area (Å²) in [7, 11) is 1.36. The lowest BCUT2D eigenvalue weighted by Crippen LogP contribution is -2.16. The van der Waals surface area contributed by atoms with E-state index in [4.69, 9.17) is 10.5 Å². The Morgan fingerprint density at radius 2 is 2.16 bits per heavy atom. The quantitative estimate of drug-likeness (QED) is 0.611. The lowest BCUT2D eigenvalue weighted by Gasteiger charge is -2.17. The van der Waals surface area contributed by atoms with Crippen LogP contribution in [0.2, 0.25) is 0 Å². The van der Waals surface area contributed by atoms with Gasteiger partial charge in [0, 0.05) is 17.4 Å². The van der Waals surface area contributed by atoms with E-state index in [9.17, 15) is 4.79 Å². The number of methoxy groups -OCH3 is 1. The minimum Gasteiger partial charge on any atom is -0.465 e. The third-order valence-electron chi connectivity index (χ3n) is 3.20. The average molecular weight is 264 g/mol. The summed E-state index contributed by atoms with van der Waals surface area (Å²) in [5.74, 6) is -0.398. The van der Waals surface area contributed by atoms with Gasteiger partial charge in [-0.1, -0.05) is 19.8 Å². The summed E-state index contributed by atoms with van der Waals surface area (Å²) in [5.41, 5.74) is 8.61. The summed E-state index contributed by atoms with van der Waals surface area (Å²) in [6, 6.07) is 4.09. The van der Waals surface area contributed by atoms with Gasteiger partial charge in [0.1, 0.15) is 0 Å². The molecule has 3 N–H and O–H groups in total. The van der Waals surface area contributed by atoms with Crippen LogP contribution in [-0.2, 0) is 4.74 Å². The second kappa shape index (κ2) is 7.02. The van der Waals surface area contributed by atoms with Gasteiger partial charge >= 0.3 is 5.97 Å². The van der Waals surface area contributed by atoms with Gasteiger partial charge in [0.2, 0.25) is 0 Å². The number of hydrogen-bond acceptors (Lipinski definition) is 4. The molecule has 106 valence electrons. The van der Waals surface area contributed by atoms with Gasteiger partial charge in [0.25, 0.3) is 0 Å². The summed E-state index contributed by atoms with van der Waals surface area (Å²) in [4.78, 5) is 11.7. The van der Waals surface area contributed by atoms with E-state index in [1.165, 1.54) is 20.0 Å². The molecule has 0 heterocycles. The minimum absolute atomic E-state index is 0.369. The minimum atomic E-state index is -0.398. The van der Waals surface area contributed by atoms with Crippen LogP contribution in [0.1, 0.15) is 49.0 Å². The predicted octanol–water partition coefficient (Wildman–Crippen LogP) is 3.35. The van der Waals surface area contributed by atoms with Crippen molar-refractivity contribution in [2.45, 2.75) is 46.1 Å². The molecule has 0 aromatic heterocycles. The molecule has 1 atom stereocenters. The number of anilines is 2. The van der Waals surface area contributed by atoms with Crippen molar-refractivity contribution in [3.63, 3.8) is 0 Å². The summed E-state index contributed by atoms with van der Waals surface area (Å²) >= 11 is 0. The largest absolute Gasteiger partial charge is 0.465 e. The summed E-state index contributed by atoms with van der Waals surface area (Å²) in [6.07, 6.45) is 3.47. The molecule has 1 aromatic carbocycles.